The van der Waals surface area contributed by atoms with Gasteiger partial charge in [0.2, 0.25) is 0 Å². The van der Waals surface area contributed by atoms with E-state index < -0.39 is 0 Å². The number of aromatic nitrogens is 2. The number of aryl methyl sites for hydroxylation is 1. The van der Waals surface area contributed by atoms with Gasteiger partial charge in [-0.3, -0.25) is 9.48 Å². The molecule has 0 aliphatic heterocycles. The number of nitrogens with two attached hydrogens (primary N) is 1. The number of ether oxygens (including phenoxy) is 1. The molecule has 6 heteroatoms. The van der Waals surface area contributed by atoms with Crippen LogP contribution in [0.5, 0.6) is 5.75 Å². The van der Waals surface area contributed by atoms with E-state index in [1.54, 1.807) is 14.1 Å². The van der Waals surface area contributed by atoms with E-state index in [4.69, 9.17) is 10.5 Å². The van der Waals surface area contributed by atoms with Crippen LogP contribution in [0, 0.1) is 0 Å². The van der Waals surface area contributed by atoms with Crippen LogP contribution < -0.4 is 15.8 Å². The summed E-state index contributed by atoms with van der Waals surface area (Å²) in [7, 11) is 3.28. The molecule has 112 valence electrons. The van der Waals surface area contributed by atoms with Crippen LogP contribution in [0.2, 0.25) is 0 Å². The van der Waals surface area contributed by atoms with Crippen molar-refractivity contribution < 1.29 is 9.53 Å². The Balaban J connectivity index is 2.38. The number of anilines is 1. The molecule has 2 aromatic rings. The summed E-state index contributed by atoms with van der Waals surface area (Å²) in [6.45, 7) is 2.74. The molecule has 1 aromatic carbocycles. The number of hydrogen-bond donors (Lipinski definition) is 2. The van der Waals surface area contributed by atoms with Gasteiger partial charge in [-0.1, -0.05) is 6.92 Å². The third kappa shape index (κ3) is 2.99. The standard InChI is InChI=1S/C15H20N4O2/c1-4-9-21-11-7-5-10(6-8-11)13-12(15(20)17-2)14(16)19(3)18-13/h5-8H,4,9,16H2,1-3H3,(H,17,20). The SMILES string of the molecule is CCCOc1ccc(-c2nn(C)c(N)c2C(=O)NC)cc1. The lowest BCUT2D eigenvalue weighted by molar-refractivity contribution is 0.0964. The van der Waals surface area contributed by atoms with E-state index in [9.17, 15) is 4.79 Å². The molecule has 0 radical (unpaired) electrons. The van der Waals surface area contributed by atoms with Crippen LogP contribution in [0.15, 0.2) is 24.3 Å². The molecule has 0 spiro atoms. The Morgan fingerprint density at radius 1 is 1.38 bits per heavy atom. The third-order valence-electron chi connectivity index (χ3n) is 3.15. The molecule has 1 amide bonds. The predicted molar refractivity (Wildman–Crippen MR) is 82.2 cm³/mol. The van der Waals surface area contributed by atoms with E-state index in [1.165, 1.54) is 4.68 Å². The van der Waals surface area contributed by atoms with Gasteiger partial charge in [-0.05, 0) is 30.7 Å². The van der Waals surface area contributed by atoms with Gasteiger partial charge in [0.05, 0.1) is 6.61 Å². The lowest BCUT2D eigenvalue weighted by atomic mass is 10.1. The van der Waals surface area contributed by atoms with Crippen LogP contribution in [0.3, 0.4) is 0 Å². The fourth-order valence-electron chi connectivity index (χ4n) is 2.02. The van der Waals surface area contributed by atoms with Crippen molar-refractivity contribution in [3.05, 3.63) is 29.8 Å². The van der Waals surface area contributed by atoms with Crippen LogP contribution in [-0.4, -0.2) is 29.3 Å². The number of hydrogen-bond acceptors (Lipinski definition) is 4. The number of rotatable bonds is 5. The summed E-state index contributed by atoms with van der Waals surface area (Å²) in [5.41, 5.74) is 7.71. The Kier molecular flexibility index (Phi) is 4.47. The number of carbonyl (C=O) groups is 1. The highest BCUT2D eigenvalue weighted by Gasteiger charge is 2.21. The van der Waals surface area contributed by atoms with E-state index >= 15 is 0 Å². The average Bonchev–Trinajstić information content (AvgIpc) is 2.80. The van der Waals surface area contributed by atoms with Gasteiger partial charge in [-0.2, -0.15) is 5.10 Å². The van der Waals surface area contributed by atoms with Crippen molar-refractivity contribution in [3.8, 4) is 17.0 Å². The quantitative estimate of drug-likeness (QED) is 0.879. The zero-order valence-corrected chi connectivity index (χ0v) is 12.5. The van der Waals surface area contributed by atoms with Crippen LogP contribution in [0.25, 0.3) is 11.3 Å². The minimum atomic E-state index is -0.248. The molecule has 1 aromatic heterocycles. The zero-order valence-electron chi connectivity index (χ0n) is 12.5. The fourth-order valence-corrected chi connectivity index (χ4v) is 2.02. The Morgan fingerprint density at radius 3 is 2.62 bits per heavy atom. The second-order valence-electron chi connectivity index (χ2n) is 4.68. The maximum atomic E-state index is 12.0. The Bertz CT molecular complexity index is 632. The molecule has 2 rings (SSSR count). The van der Waals surface area contributed by atoms with Crippen LogP contribution >= 0.6 is 0 Å². The molecule has 3 N–H and O–H groups in total. The van der Waals surface area contributed by atoms with Crippen molar-refractivity contribution in [2.24, 2.45) is 7.05 Å². The minimum absolute atomic E-state index is 0.248. The average molecular weight is 288 g/mol. The predicted octanol–water partition coefficient (Wildman–Crippen LogP) is 1.82. The third-order valence-corrected chi connectivity index (χ3v) is 3.15. The lowest BCUT2D eigenvalue weighted by Crippen LogP contribution is -2.19. The number of amides is 1. The minimum Gasteiger partial charge on any atom is -0.494 e. The first kappa shape index (κ1) is 14.9. The van der Waals surface area contributed by atoms with Crippen LogP contribution in [-0.2, 0) is 7.05 Å². The normalized spacial score (nSPS) is 10.4. The van der Waals surface area contributed by atoms with Crippen molar-refractivity contribution in [2.75, 3.05) is 19.4 Å². The topological polar surface area (TPSA) is 82.2 Å². The highest BCUT2D eigenvalue weighted by Crippen LogP contribution is 2.28. The van der Waals surface area contributed by atoms with Crippen molar-refractivity contribution in [2.45, 2.75) is 13.3 Å². The molecule has 0 fully saturated rings. The number of carbonyl (C=O) groups excluding carboxylic acids is 1. The van der Waals surface area contributed by atoms with E-state index in [2.05, 4.69) is 17.3 Å². The Morgan fingerprint density at radius 2 is 2.05 bits per heavy atom. The number of benzene rings is 1. The molecule has 1 heterocycles. The molecule has 6 nitrogen and oxygen atoms in total. The summed E-state index contributed by atoms with van der Waals surface area (Å²) in [6, 6.07) is 7.48. The van der Waals surface area contributed by atoms with Crippen molar-refractivity contribution in [3.63, 3.8) is 0 Å². The maximum absolute atomic E-state index is 12.0. The van der Waals surface area contributed by atoms with E-state index in [1.807, 2.05) is 24.3 Å². The monoisotopic (exact) mass is 288 g/mol. The zero-order chi connectivity index (χ0) is 15.4. The Hall–Kier alpha value is -2.50. The first-order chi connectivity index (χ1) is 10.1. The summed E-state index contributed by atoms with van der Waals surface area (Å²) in [6.07, 6.45) is 0.958. The Labute approximate surface area is 123 Å². The van der Waals surface area contributed by atoms with Gasteiger partial charge in [-0.15, -0.1) is 0 Å². The van der Waals surface area contributed by atoms with E-state index in [-0.39, 0.29) is 5.91 Å². The van der Waals surface area contributed by atoms with Crippen molar-refractivity contribution in [1.29, 1.82) is 0 Å². The smallest absolute Gasteiger partial charge is 0.257 e. The second kappa shape index (κ2) is 6.30. The number of nitrogens with one attached hydrogen (secondary N) is 1. The largest absolute Gasteiger partial charge is 0.494 e. The summed E-state index contributed by atoms with van der Waals surface area (Å²) < 4.78 is 7.05. The molecule has 0 atom stereocenters. The van der Waals surface area contributed by atoms with Crippen molar-refractivity contribution >= 4 is 11.7 Å². The first-order valence-corrected chi connectivity index (χ1v) is 6.86. The highest BCUT2D eigenvalue weighted by atomic mass is 16.5. The molecule has 0 aliphatic rings. The first-order valence-electron chi connectivity index (χ1n) is 6.86. The van der Waals surface area contributed by atoms with Gasteiger partial charge in [0.1, 0.15) is 22.8 Å². The van der Waals surface area contributed by atoms with E-state index in [0.717, 1.165) is 17.7 Å². The molecule has 0 bridgehead atoms. The van der Waals surface area contributed by atoms with Crippen LogP contribution in [0.1, 0.15) is 23.7 Å². The summed E-state index contributed by atoms with van der Waals surface area (Å²) in [5.74, 6) is 0.892. The molecular formula is C15H20N4O2. The maximum Gasteiger partial charge on any atom is 0.257 e. The molecular weight excluding hydrogens is 268 g/mol. The highest BCUT2D eigenvalue weighted by molar-refractivity contribution is 6.04. The summed E-state index contributed by atoms with van der Waals surface area (Å²) in [4.78, 5) is 12.0. The molecule has 0 aliphatic carbocycles. The molecule has 0 saturated heterocycles. The summed E-state index contributed by atoms with van der Waals surface area (Å²) in [5, 5.41) is 6.92. The van der Waals surface area contributed by atoms with Gasteiger partial charge in [0, 0.05) is 19.7 Å². The van der Waals surface area contributed by atoms with Gasteiger partial charge in [0.25, 0.3) is 5.91 Å². The fraction of sp³-hybridized carbons (Fsp3) is 0.333. The number of nitrogen functional groups attached to an aromatic ring is 1. The van der Waals surface area contributed by atoms with Gasteiger partial charge >= 0.3 is 0 Å². The number of nitrogens with zero attached hydrogens (tertiary/aromatic N) is 2. The van der Waals surface area contributed by atoms with Crippen molar-refractivity contribution in [1.82, 2.24) is 15.1 Å². The second-order valence-corrected chi connectivity index (χ2v) is 4.68. The molecule has 21 heavy (non-hydrogen) atoms. The van der Waals surface area contributed by atoms with Gasteiger partial charge < -0.3 is 15.8 Å². The van der Waals surface area contributed by atoms with Gasteiger partial charge in [0.15, 0.2) is 0 Å². The summed E-state index contributed by atoms with van der Waals surface area (Å²) >= 11 is 0. The molecule has 0 unspecified atom stereocenters. The van der Waals surface area contributed by atoms with Crippen LogP contribution in [0.4, 0.5) is 5.82 Å². The molecule has 0 saturated carbocycles. The van der Waals surface area contributed by atoms with Gasteiger partial charge in [-0.25, -0.2) is 0 Å². The van der Waals surface area contributed by atoms with E-state index in [0.29, 0.717) is 23.7 Å². The lowest BCUT2D eigenvalue weighted by Gasteiger charge is -2.06.